The molecule has 0 bridgehead atoms. The van der Waals surface area contributed by atoms with Gasteiger partial charge in [-0.05, 0) is 42.0 Å². The number of carbonyl (C=O) groups is 2. The molecule has 0 atom stereocenters. The lowest BCUT2D eigenvalue weighted by molar-refractivity contribution is -0.128. The van der Waals surface area contributed by atoms with Crippen LogP contribution in [0.15, 0.2) is 42.5 Å². The van der Waals surface area contributed by atoms with E-state index in [2.05, 4.69) is 0 Å². The number of Topliss-reactive ketones (excluding diaryl/α,β-unsaturated/α-hetero) is 1. The maximum absolute atomic E-state index is 12.4. The lowest BCUT2D eigenvalue weighted by atomic mass is 10.1. The van der Waals surface area contributed by atoms with E-state index in [4.69, 9.17) is 14.2 Å². The van der Waals surface area contributed by atoms with E-state index in [1.807, 2.05) is 0 Å². The molecule has 0 aliphatic carbocycles. The molecule has 1 amide bonds. The summed E-state index contributed by atoms with van der Waals surface area (Å²) in [5.74, 6) is 1.57. The van der Waals surface area contributed by atoms with Crippen molar-refractivity contribution in [1.29, 1.82) is 0 Å². The molecule has 6 heteroatoms. The van der Waals surface area contributed by atoms with Crippen LogP contribution in [-0.4, -0.2) is 51.5 Å². The van der Waals surface area contributed by atoms with E-state index in [1.165, 1.54) is 4.90 Å². The Bertz CT molecular complexity index is 770. The van der Waals surface area contributed by atoms with Gasteiger partial charge in [0.1, 0.15) is 5.75 Å². The van der Waals surface area contributed by atoms with Gasteiger partial charge in [0.25, 0.3) is 0 Å². The molecular formula is C20H23NO5. The number of benzene rings is 2. The fraction of sp³-hybridized carbons (Fsp3) is 0.300. The second-order valence-corrected chi connectivity index (χ2v) is 5.77. The minimum absolute atomic E-state index is 0.0124. The third kappa shape index (κ3) is 4.75. The molecule has 0 aliphatic heterocycles. The lowest BCUT2D eigenvalue weighted by Crippen LogP contribution is -2.33. The van der Waals surface area contributed by atoms with Gasteiger partial charge in [-0.3, -0.25) is 9.59 Å². The summed E-state index contributed by atoms with van der Waals surface area (Å²) in [4.78, 5) is 26.2. The van der Waals surface area contributed by atoms with Crippen molar-refractivity contribution in [3.8, 4) is 17.2 Å². The van der Waals surface area contributed by atoms with E-state index in [0.29, 0.717) is 22.8 Å². The van der Waals surface area contributed by atoms with Gasteiger partial charge in [-0.25, -0.2) is 0 Å². The molecule has 0 heterocycles. The highest BCUT2D eigenvalue weighted by Gasteiger charge is 2.16. The zero-order valence-electron chi connectivity index (χ0n) is 15.4. The van der Waals surface area contributed by atoms with Crippen LogP contribution in [-0.2, 0) is 11.2 Å². The number of likely N-dealkylation sites (N-methyl/N-ethyl adjacent to an activating group) is 1. The Hall–Kier alpha value is -3.02. The first-order valence-corrected chi connectivity index (χ1v) is 8.10. The van der Waals surface area contributed by atoms with Gasteiger partial charge in [0.15, 0.2) is 17.3 Å². The van der Waals surface area contributed by atoms with Crippen LogP contribution in [0.5, 0.6) is 17.2 Å². The zero-order chi connectivity index (χ0) is 19.1. The Morgan fingerprint density at radius 1 is 0.885 bits per heavy atom. The number of methoxy groups -OCH3 is 3. The number of carbonyl (C=O) groups excluding carboxylic acids is 2. The molecule has 0 fully saturated rings. The highest BCUT2D eigenvalue weighted by atomic mass is 16.5. The lowest BCUT2D eigenvalue weighted by Gasteiger charge is -2.17. The number of rotatable bonds is 8. The molecule has 0 radical (unpaired) electrons. The SMILES string of the molecule is COc1ccc(C(=O)CN(C)C(=O)Cc2ccc(OC)c(OC)c2)cc1. The van der Waals surface area contributed by atoms with Crippen molar-refractivity contribution in [3.63, 3.8) is 0 Å². The van der Waals surface area contributed by atoms with E-state index in [0.717, 1.165) is 5.56 Å². The van der Waals surface area contributed by atoms with E-state index >= 15 is 0 Å². The normalized spacial score (nSPS) is 10.2. The molecule has 0 unspecified atom stereocenters. The molecule has 6 nitrogen and oxygen atoms in total. The number of nitrogens with zero attached hydrogens (tertiary/aromatic N) is 1. The molecule has 138 valence electrons. The quantitative estimate of drug-likeness (QED) is 0.680. The second-order valence-electron chi connectivity index (χ2n) is 5.77. The molecule has 0 saturated heterocycles. The van der Waals surface area contributed by atoms with Crippen LogP contribution in [0.1, 0.15) is 15.9 Å². The first-order chi connectivity index (χ1) is 12.5. The molecule has 26 heavy (non-hydrogen) atoms. The van der Waals surface area contributed by atoms with Crippen molar-refractivity contribution >= 4 is 11.7 Å². The molecule has 0 spiro atoms. The average Bonchev–Trinajstić information content (AvgIpc) is 2.67. The predicted molar refractivity (Wildman–Crippen MR) is 98.2 cm³/mol. The van der Waals surface area contributed by atoms with E-state index in [1.54, 1.807) is 70.8 Å². The summed E-state index contributed by atoms with van der Waals surface area (Å²) in [6.45, 7) is 0.0124. The van der Waals surface area contributed by atoms with Gasteiger partial charge < -0.3 is 19.1 Å². The molecule has 0 aliphatic rings. The van der Waals surface area contributed by atoms with Crippen LogP contribution in [0.25, 0.3) is 0 Å². The summed E-state index contributed by atoms with van der Waals surface area (Å²) in [6, 6.07) is 12.1. The Morgan fingerprint density at radius 2 is 1.54 bits per heavy atom. The molecular weight excluding hydrogens is 334 g/mol. The first kappa shape index (κ1) is 19.3. The maximum Gasteiger partial charge on any atom is 0.227 e. The minimum Gasteiger partial charge on any atom is -0.497 e. The summed E-state index contributed by atoms with van der Waals surface area (Å²) in [5, 5.41) is 0. The van der Waals surface area contributed by atoms with Crippen molar-refractivity contribution < 1.29 is 23.8 Å². The Balaban J connectivity index is 1.99. The summed E-state index contributed by atoms with van der Waals surface area (Å²) in [7, 11) is 6.28. The maximum atomic E-state index is 12.4. The number of ether oxygens (including phenoxy) is 3. The highest BCUT2D eigenvalue weighted by molar-refractivity contribution is 5.99. The fourth-order valence-electron chi connectivity index (χ4n) is 2.47. The summed E-state index contributed by atoms with van der Waals surface area (Å²) < 4.78 is 15.5. The number of amides is 1. The van der Waals surface area contributed by atoms with E-state index in [9.17, 15) is 9.59 Å². The third-order valence-electron chi connectivity index (χ3n) is 4.02. The van der Waals surface area contributed by atoms with Crippen LogP contribution in [0.3, 0.4) is 0 Å². The Kier molecular flexibility index (Phi) is 6.60. The average molecular weight is 357 g/mol. The van der Waals surface area contributed by atoms with Crippen LogP contribution in [0.4, 0.5) is 0 Å². The van der Waals surface area contributed by atoms with Crippen LogP contribution < -0.4 is 14.2 Å². The summed E-state index contributed by atoms with van der Waals surface area (Å²) >= 11 is 0. The molecule has 2 aromatic carbocycles. The predicted octanol–water partition coefficient (Wildman–Crippen LogP) is 2.60. The van der Waals surface area contributed by atoms with Crippen molar-refractivity contribution in [2.75, 3.05) is 34.9 Å². The van der Waals surface area contributed by atoms with Gasteiger partial charge >= 0.3 is 0 Å². The molecule has 0 N–H and O–H groups in total. The van der Waals surface area contributed by atoms with Crippen molar-refractivity contribution in [1.82, 2.24) is 4.90 Å². The van der Waals surface area contributed by atoms with Crippen LogP contribution in [0, 0.1) is 0 Å². The van der Waals surface area contributed by atoms with Gasteiger partial charge in [-0.2, -0.15) is 0 Å². The van der Waals surface area contributed by atoms with Gasteiger partial charge in [0, 0.05) is 12.6 Å². The standard InChI is InChI=1S/C20H23NO5/c1-21(13-17(22)15-6-8-16(24-2)9-7-15)20(23)12-14-5-10-18(25-3)19(11-14)26-4/h5-11H,12-13H2,1-4H3. The van der Waals surface area contributed by atoms with Gasteiger partial charge in [-0.15, -0.1) is 0 Å². The third-order valence-corrected chi connectivity index (χ3v) is 4.02. The van der Waals surface area contributed by atoms with E-state index < -0.39 is 0 Å². The van der Waals surface area contributed by atoms with Gasteiger partial charge in [0.2, 0.25) is 5.91 Å². The number of hydrogen-bond acceptors (Lipinski definition) is 5. The number of hydrogen-bond donors (Lipinski definition) is 0. The van der Waals surface area contributed by atoms with Gasteiger partial charge in [0.05, 0.1) is 34.3 Å². The van der Waals surface area contributed by atoms with Crippen molar-refractivity contribution in [3.05, 3.63) is 53.6 Å². The summed E-state index contributed by atoms with van der Waals surface area (Å²) in [5.41, 5.74) is 1.33. The Labute approximate surface area is 153 Å². The first-order valence-electron chi connectivity index (χ1n) is 8.10. The topological polar surface area (TPSA) is 65.1 Å². The molecule has 2 aromatic rings. The van der Waals surface area contributed by atoms with Crippen molar-refractivity contribution in [2.24, 2.45) is 0 Å². The fourth-order valence-corrected chi connectivity index (χ4v) is 2.47. The van der Waals surface area contributed by atoms with Crippen molar-refractivity contribution in [2.45, 2.75) is 6.42 Å². The molecule has 0 saturated carbocycles. The van der Waals surface area contributed by atoms with Crippen LogP contribution >= 0.6 is 0 Å². The monoisotopic (exact) mass is 357 g/mol. The second kappa shape index (κ2) is 8.89. The summed E-state index contributed by atoms with van der Waals surface area (Å²) in [6.07, 6.45) is 0.173. The smallest absolute Gasteiger partial charge is 0.227 e. The minimum atomic E-state index is -0.154. The van der Waals surface area contributed by atoms with E-state index in [-0.39, 0.29) is 24.7 Å². The van der Waals surface area contributed by atoms with Gasteiger partial charge in [-0.1, -0.05) is 6.07 Å². The zero-order valence-corrected chi connectivity index (χ0v) is 15.4. The highest BCUT2D eigenvalue weighted by Crippen LogP contribution is 2.27. The number of ketones is 1. The molecule has 2 rings (SSSR count). The molecule has 0 aromatic heterocycles. The Morgan fingerprint density at radius 3 is 2.12 bits per heavy atom. The largest absolute Gasteiger partial charge is 0.497 e. The van der Waals surface area contributed by atoms with Crippen LogP contribution in [0.2, 0.25) is 0 Å².